The zero-order valence-electron chi connectivity index (χ0n) is 17.2. The molecular formula is C25H26O4. The molecule has 3 unspecified atom stereocenters. The zero-order chi connectivity index (χ0) is 20.9. The number of carbonyl (C=O) groups is 2. The smallest absolute Gasteiger partial charge is 0.338 e. The van der Waals surface area contributed by atoms with E-state index in [-0.39, 0.29) is 0 Å². The first kappa shape index (κ1) is 19.4. The maximum Gasteiger partial charge on any atom is 0.338 e. The van der Waals surface area contributed by atoms with Crippen LogP contribution in [0.1, 0.15) is 62.1 Å². The number of ether oxygens (including phenoxy) is 2. The van der Waals surface area contributed by atoms with Gasteiger partial charge < -0.3 is 9.47 Å². The van der Waals surface area contributed by atoms with Crippen molar-refractivity contribution in [3.8, 4) is 11.5 Å². The van der Waals surface area contributed by atoms with Gasteiger partial charge in [0.25, 0.3) is 0 Å². The van der Waals surface area contributed by atoms with Crippen molar-refractivity contribution in [3.05, 3.63) is 59.7 Å². The highest BCUT2D eigenvalue weighted by Crippen LogP contribution is 2.63. The third kappa shape index (κ3) is 2.98. The lowest BCUT2D eigenvalue weighted by molar-refractivity contribution is -0.130. The minimum atomic E-state index is -0.475. The molecule has 0 amide bonds. The molecule has 29 heavy (non-hydrogen) atoms. The lowest BCUT2D eigenvalue weighted by Gasteiger charge is -2.27. The molecule has 0 radical (unpaired) electrons. The highest BCUT2D eigenvalue weighted by atomic mass is 16.5. The average Bonchev–Trinajstić information content (AvgIpc) is 3.26. The highest BCUT2D eigenvalue weighted by Gasteiger charge is 2.47. The molecule has 4 nitrogen and oxygen atoms in total. The molecule has 4 rings (SSSR count). The van der Waals surface area contributed by atoms with E-state index in [0.29, 0.717) is 34.8 Å². The molecule has 0 aliphatic heterocycles. The molecule has 1 saturated carbocycles. The third-order valence-corrected chi connectivity index (χ3v) is 6.36. The predicted molar refractivity (Wildman–Crippen MR) is 113 cm³/mol. The monoisotopic (exact) mass is 390 g/mol. The quantitative estimate of drug-likeness (QED) is 0.380. The third-order valence-electron chi connectivity index (χ3n) is 6.36. The van der Waals surface area contributed by atoms with Gasteiger partial charge in [0.1, 0.15) is 11.5 Å². The summed E-state index contributed by atoms with van der Waals surface area (Å²) in [6.45, 7) is 13.2. The van der Waals surface area contributed by atoms with Crippen LogP contribution >= 0.6 is 0 Å². The summed E-state index contributed by atoms with van der Waals surface area (Å²) in [6.07, 6.45) is 4.00. The summed E-state index contributed by atoms with van der Waals surface area (Å²) in [5.74, 6) is 1.41. The zero-order valence-corrected chi connectivity index (χ0v) is 17.2. The van der Waals surface area contributed by atoms with Crippen LogP contribution in [0.3, 0.4) is 0 Å². The predicted octanol–water partition coefficient (Wildman–Crippen LogP) is 5.59. The Hall–Kier alpha value is -2.88. The van der Waals surface area contributed by atoms with E-state index in [4.69, 9.17) is 9.47 Å². The Bertz CT molecular complexity index is 1060. The Labute approximate surface area is 171 Å². The summed E-state index contributed by atoms with van der Waals surface area (Å²) in [6, 6.07) is 5.93. The number of esters is 2. The Balaban J connectivity index is 2.09. The van der Waals surface area contributed by atoms with Gasteiger partial charge in [-0.15, -0.1) is 0 Å². The SMILES string of the molecule is C=CC(=O)Oc1c2c(c(OC(=O)C(=C)C)c3c(CC)cccc13)C1CC(C)C2C1. The summed E-state index contributed by atoms with van der Waals surface area (Å²) in [4.78, 5) is 24.7. The van der Waals surface area contributed by atoms with Gasteiger partial charge in [-0.2, -0.15) is 0 Å². The molecule has 0 heterocycles. The van der Waals surface area contributed by atoms with Gasteiger partial charge >= 0.3 is 11.9 Å². The van der Waals surface area contributed by atoms with Gasteiger partial charge in [-0.25, -0.2) is 9.59 Å². The second kappa shape index (κ2) is 7.18. The normalized spacial score (nSPS) is 21.7. The van der Waals surface area contributed by atoms with Crippen LogP contribution in [-0.4, -0.2) is 11.9 Å². The van der Waals surface area contributed by atoms with Crippen LogP contribution in [0.5, 0.6) is 11.5 Å². The van der Waals surface area contributed by atoms with Gasteiger partial charge in [0.05, 0.1) is 0 Å². The van der Waals surface area contributed by atoms with E-state index in [1.807, 2.05) is 18.2 Å². The van der Waals surface area contributed by atoms with Crippen LogP contribution in [0.4, 0.5) is 0 Å². The van der Waals surface area contributed by atoms with Crippen molar-refractivity contribution in [1.82, 2.24) is 0 Å². The lowest BCUT2D eigenvalue weighted by atomic mass is 9.81. The number of aryl methyl sites for hydroxylation is 1. The van der Waals surface area contributed by atoms with Crippen molar-refractivity contribution in [2.75, 3.05) is 0 Å². The highest BCUT2D eigenvalue weighted by molar-refractivity contribution is 6.03. The Morgan fingerprint density at radius 2 is 1.93 bits per heavy atom. The fourth-order valence-corrected chi connectivity index (χ4v) is 5.07. The molecule has 1 fully saturated rings. The van der Waals surface area contributed by atoms with Crippen molar-refractivity contribution >= 4 is 22.7 Å². The Kier molecular flexibility index (Phi) is 4.81. The van der Waals surface area contributed by atoms with Gasteiger partial charge in [0, 0.05) is 33.5 Å². The molecule has 2 aliphatic rings. The van der Waals surface area contributed by atoms with Crippen molar-refractivity contribution in [1.29, 1.82) is 0 Å². The summed E-state index contributed by atoms with van der Waals surface area (Å²) in [5, 5.41) is 1.66. The van der Waals surface area contributed by atoms with E-state index in [9.17, 15) is 9.59 Å². The van der Waals surface area contributed by atoms with Crippen LogP contribution in [0.25, 0.3) is 10.8 Å². The summed E-state index contributed by atoms with van der Waals surface area (Å²) in [7, 11) is 0. The van der Waals surface area contributed by atoms with Crippen molar-refractivity contribution in [2.24, 2.45) is 5.92 Å². The van der Waals surface area contributed by atoms with Crippen LogP contribution in [0.15, 0.2) is 43.0 Å². The van der Waals surface area contributed by atoms with Gasteiger partial charge in [-0.05, 0) is 49.5 Å². The molecule has 0 saturated heterocycles. The fraction of sp³-hybridized carbons (Fsp3) is 0.360. The van der Waals surface area contributed by atoms with Crippen molar-refractivity contribution in [2.45, 2.75) is 51.9 Å². The topological polar surface area (TPSA) is 52.6 Å². The summed E-state index contributed by atoms with van der Waals surface area (Å²) >= 11 is 0. The molecule has 2 aliphatic carbocycles. The second-order valence-electron chi connectivity index (χ2n) is 8.23. The van der Waals surface area contributed by atoms with Gasteiger partial charge in [0.2, 0.25) is 0 Å². The number of fused-ring (bicyclic) bond motifs is 6. The molecule has 2 aromatic rings. The van der Waals surface area contributed by atoms with Gasteiger partial charge in [-0.1, -0.05) is 45.2 Å². The van der Waals surface area contributed by atoms with E-state index in [1.165, 1.54) is 6.08 Å². The van der Waals surface area contributed by atoms with Crippen LogP contribution < -0.4 is 9.47 Å². The van der Waals surface area contributed by atoms with Crippen LogP contribution in [-0.2, 0) is 16.0 Å². The number of rotatable bonds is 5. The molecule has 0 aromatic heterocycles. The second-order valence-corrected chi connectivity index (χ2v) is 8.23. The minimum Gasteiger partial charge on any atom is -0.422 e. The largest absolute Gasteiger partial charge is 0.422 e. The van der Waals surface area contributed by atoms with E-state index in [2.05, 4.69) is 27.0 Å². The van der Waals surface area contributed by atoms with Crippen LogP contribution in [0.2, 0.25) is 0 Å². The van der Waals surface area contributed by atoms with Crippen molar-refractivity contribution in [3.63, 3.8) is 0 Å². The first-order valence-corrected chi connectivity index (χ1v) is 10.2. The maximum absolute atomic E-state index is 12.5. The van der Waals surface area contributed by atoms with E-state index in [1.54, 1.807) is 6.92 Å². The number of hydrogen-bond acceptors (Lipinski definition) is 4. The van der Waals surface area contributed by atoms with Gasteiger partial charge in [0.15, 0.2) is 0 Å². The number of benzene rings is 2. The fourth-order valence-electron chi connectivity index (χ4n) is 5.07. The Morgan fingerprint density at radius 3 is 2.59 bits per heavy atom. The molecule has 150 valence electrons. The molecule has 2 bridgehead atoms. The first-order chi connectivity index (χ1) is 13.9. The average molecular weight is 390 g/mol. The Morgan fingerprint density at radius 1 is 1.17 bits per heavy atom. The summed E-state index contributed by atoms with van der Waals surface area (Å²) in [5.41, 5.74) is 3.47. The van der Waals surface area contributed by atoms with E-state index < -0.39 is 11.9 Å². The molecule has 2 aromatic carbocycles. The maximum atomic E-state index is 12.5. The minimum absolute atomic E-state index is 0.291. The molecule has 3 atom stereocenters. The van der Waals surface area contributed by atoms with E-state index in [0.717, 1.165) is 46.7 Å². The first-order valence-electron chi connectivity index (χ1n) is 10.2. The lowest BCUT2D eigenvalue weighted by Crippen LogP contribution is -2.17. The summed E-state index contributed by atoms with van der Waals surface area (Å²) < 4.78 is 11.8. The molecule has 4 heteroatoms. The number of carbonyl (C=O) groups excluding carboxylic acids is 2. The molecule has 0 spiro atoms. The standard InChI is InChI=1S/C25H26O4/c1-6-15-9-8-10-17-20(15)24(29-25(27)13(3)4)21-16-11-14(5)18(12-16)22(21)23(17)28-19(26)7-2/h7-10,14,16,18H,2-3,6,11-12H2,1,4-5H3. The van der Waals surface area contributed by atoms with Crippen LogP contribution in [0, 0.1) is 5.92 Å². The number of hydrogen-bond donors (Lipinski definition) is 0. The van der Waals surface area contributed by atoms with Crippen molar-refractivity contribution < 1.29 is 19.1 Å². The molecule has 0 N–H and O–H groups in total. The van der Waals surface area contributed by atoms with Gasteiger partial charge in [-0.3, -0.25) is 0 Å². The molecular weight excluding hydrogens is 364 g/mol. The van der Waals surface area contributed by atoms with E-state index >= 15 is 0 Å².